The van der Waals surface area contributed by atoms with Gasteiger partial charge >= 0.3 is 5.97 Å². The third-order valence-electron chi connectivity index (χ3n) is 4.03. The van der Waals surface area contributed by atoms with Crippen molar-refractivity contribution in [1.82, 2.24) is 4.90 Å². The van der Waals surface area contributed by atoms with Gasteiger partial charge in [-0.25, -0.2) is 0 Å². The number of hydrogen-bond donors (Lipinski definition) is 1. The number of carbonyl (C=O) groups is 1. The first-order chi connectivity index (χ1) is 7.73. The van der Waals surface area contributed by atoms with Crippen LogP contribution in [0.3, 0.4) is 0 Å². The lowest BCUT2D eigenvalue weighted by Crippen LogP contribution is -2.49. The summed E-state index contributed by atoms with van der Waals surface area (Å²) in [6.45, 7) is 12.7. The largest absolute Gasteiger partial charge is 0.480 e. The average molecular weight is 241 g/mol. The van der Waals surface area contributed by atoms with Crippen molar-refractivity contribution in [1.29, 1.82) is 0 Å². The summed E-state index contributed by atoms with van der Waals surface area (Å²) in [5.41, 5.74) is 0.350. The summed E-state index contributed by atoms with van der Waals surface area (Å²) >= 11 is 0. The zero-order valence-electron chi connectivity index (χ0n) is 11.9. The minimum absolute atomic E-state index is 0.179. The minimum Gasteiger partial charge on any atom is -0.480 e. The molecule has 1 rings (SSSR count). The highest BCUT2D eigenvalue weighted by Crippen LogP contribution is 2.35. The van der Waals surface area contributed by atoms with E-state index >= 15 is 0 Å². The summed E-state index contributed by atoms with van der Waals surface area (Å²) in [5.74, 6) is 0.230. The second kappa shape index (κ2) is 5.38. The van der Waals surface area contributed by atoms with E-state index in [1.54, 1.807) is 0 Å². The van der Waals surface area contributed by atoms with E-state index in [2.05, 4.69) is 25.7 Å². The fraction of sp³-hybridized carbons (Fsp3) is 0.929. The van der Waals surface area contributed by atoms with Crippen LogP contribution in [0.2, 0.25) is 0 Å². The Bertz CT molecular complexity index is 260. The smallest absolute Gasteiger partial charge is 0.321 e. The van der Waals surface area contributed by atoms with Gasteiger partial charge in [0.05, 0.1) is 0 Å². The lowest BCUT2D eigenvalue weighted by atomic mass is 9.75. The van der Waals surface area contributed by atoms with Gasteiger partial charge in [-0.15, -0.1) is 0 Å². The lowest BCUT2D eigenvalue weighted by Gasteiger charge is -2.41. The van der Waals surface area contributed by atoms with Gasteiger partial charge in [0, 0.05) is 0 Å². The fourth-order valence-corrected chi connectivity index (χ4v) is 2.91. The highest BCUT2D eigenvalue weighted by molar-refractivity contribution is 5.73. The second-order valence-corrected chi connectivity index (χ2v) is 6.70. The molecule has 0 amide bonds. The molecule has 1 fully saturated rings. The molecule has 3 nitrogen and oxygen atoms in total. The Labute approximate surface area is 105 Å². The predicted octanol–water partition coefficient (Wildman–Crippen LogP) is 2.85. The van der Waals surface area contributed by atoms with E-state index in [0.29, 0.717) is 5.41 Å². The molecule has 1 N–H and O–H groups in total. The first kappa shape index (κ1) is 14.5. The zero-order chi connectivity index (χ0) is 13.2. The number of likely N-dealkylation sites (tertiary alicyclic amines) is 1. The van der Waals surface area contributed by atoms with Crippen LogP contribution in [0.1, 0.15) is 47.5 Å². The van der Waals surface area contributed by atoms with Crippen LogP contribution in [0.25, 0.3) is 0 Å². The highest BCUT2D eigenvalue weighted by Gasteiger charge is 2.34. The van der Waals surface area contributed by atoms with Crippen LogP contribution in [0.4, 0.5) is 0 Å². The van der Waals surface area contributed by atoms with Crippen LogP contribution in [0.5, 0.6) is 0 Å². The molecule has 1 saturated heterocycles. The molecule has 0 aromatic carbocycles. The molecule has 1 aliphatic heterocycles. The van der Waals surface area contributed by atoms with Crippen LogP contribution in [0.15, 0.2) is 0 Å². The SMILES string of the molecule is CC(C)C(C(=O)O)N1CCC(C(C)(C)C)CC1. The minimum atomic E-state index is -0.672. The molecule has 0 spiro atoms. The third-order valence-corrected chi connectivity index (χ3v) is 4.03. The summed E-state index contributed by atoms with van der Waals surface area (Å²) in [7, 11) is 0. The molecule has 0 bridgehead atoms. The number of aliphatic carboxylic acids is 1. The number of carboxylic acid groups (broad SMARTS) is 1. The van der Waals surface area contributed by atoms with Gasteiger partial charge in [0.1, 0.15) is 6.04 Å². The second-order valence-electron chi connectivity index (χ2n) is 6.70. The normalized spacial score (nSPS) is 21.8. The Morgan fingerprint density at radius 3 is 2.00 bits per heavy atom. The topological polar surface area (TPSA) is 40.5 Å². The quantitative estimate of drug-likeness (QED) is 0.826. The number of piperidine rings is 1. The Balaban J connectivity index is 2.59. The molecule has 17 heavy (non-hydrogen) atoms. The van der Waals surface area contributed by atoms with E-state index in [4.69, 9.17) is 0 Å². The molecule has 0 radical (unpaired) electrons. The van der Waals surface area contributed by atoms with E-state index < -0.39 is 5.97 Å². The van der Waals surface area contributed by atoms with Crippen molar-refractivity contribution in [2.75, 3.05) is 13.1 Å². The summed E-state index contributed by atoms with van der Waals surface area (Å²) in [6.07, 6.45) is 2.25. The van der Waals surface area contributed by atoms with Crippen molar-refractivity contribution in [3.05, 3.63) is 0 Å². The molecule has 0 aromatic heterocycles. The molecule has 0 aliphatic carbocycles. The first-order valence-corrected chi connectivity index (χ1v) is 6.70. The van der Waals surface area contributed by atoms with Crippen molar-refractivity contribution in [2.24, 2.45) is 17.3 Å². The van der Waals surface area contributed by atoms with Gasteiger partial charge in [0.15, 0.2) is 0 Å². The standard InChI is InChI=1S/C14H27NO2/c1-10(2)12(13(16)17)15-8-6-11(7-9-15)14(3,4)5/h10-12H,6-9H2,1-5H3,(H,16,17). The number of carboxylic acids is 1. The van der Waals surface area contributed by atoms with E-state index in [0.717, 1.165) is 31.8 Å². The molecule has 1 aliphatic rings. The zero-order valence-corrected chi connectivity index (χ0v) is 11.9. The Morgan fingerprint density at radius 1 is 1.24 bits per heavy atom. The summed E-state index contributed by atoms with van der Waals surface area (Å²) in [4.78, 5) is 13.4. The van der Waals surface area contributed by atoms with Crippen molar-refractivity contribution in [3.8, 4) is 0 Å². The number of hydrogen-bond acceptors (Lipinski definition) is 2. The van der Waals surface area contributed by atoms with E-state index in [-0.39, 0.29) is 12.0 Å². The maximum atomic E-state index is 11.3. The molecule has 3 heteroatoms. The lowest BCUT2D eigenvalue weighted by molar-refractivity contribution is -0.146. The van der Waals surface area contributed by atoms with Crippen LogP contribution < -0.4 is 0 Å². The fourth-order valence-electron chi connectivity index (χ4n) is 2.91. The van der Waals surface area contributed by atoms with E-state index in [9.17, 15) is 9.90 Å². The Kier molecular flexibility index (Phi) is 4.59. The summed E-state index contributed by atoms with van der Waals surface area (Å²) in [6, 6.07) is -0.309. The van der Waals surface area contributed by atoms with Gasteiger partial charge < -0.3 is 5.11 Å². The summed E-state index contributed by atoms with van der Waals surface area (Å²) in [5, 5.41) is 9.28. The van der Waals surface area contributed by atoms with Gasteiger partial charge in [-0.1, -0.05) is 34.6 Å². The summed E-state index contributed by atoms with van der Waals surface area (Å²) < 4.78 is 0. The van der Waals surface area contributed by atoms with E-state index in [1.165, 1.54) is 0 Å². The highest BCUT2D eigenvalue weighted by atomic mass is 16.4. The molecule has 1 heterocycles. The van der Waals surface area contributed by atoms with Gasteiger partial charge in [0.2, 0.25) is 0 Å². The van der Waals surface area contributed by atoms with Crippen LogP contribution in [0, 0.1) is 17.3 Å². The molecular formula is C14H27NO2. The van der Waals surface area contributed by atoms with Gasteiger partial charge in [-0.05, 0) is 43.2 Å². The Morgan fingerprint density at radius 2 is 1.71 bits per heavy atom. The van der Waals surface area contributed by atoms with Crippen LogP contribution in [-0.4, -0.2) is 35.1 Å². The average Bonchev–Trinajstić information content (AvgIpc) is 2.15. The van der Waals surface area contributed by atoms with Crippen molar-refractivity contribution < 1.29 is 9.90 Å². The first-order valence-electron chi connectivity index (χ1n) is 6.70. The van der Waals surface area contributed by atoms with Crippen LogP contribution >= 0.6 is 0 Å². The van der Waals surface area contributed by atoms with Crippen LogP contribution in [-0.2, 0) is 4.79 Å². The number of nitrogens with zero attached hydrogens (tertiary/aromatic N) is 1. The number of rotatable bonds is 3. The Hall–Kier alpha value is -0.570. The van der Waals surface area contributed by atoms with Crippen molar-refractivity contribution in [3.63, 3.8) is 0 Å². The maximum Gasteiger partial charge on any atom is 0.321 e. The predicted molar refractivity (Wildman–Crippen MR) is 70.0 cm³/mol. The monoisotopic (exact) mass is 241 g/mol. The molecule has 1 unspecified atom stereocenters. The molecule has 1 atom stereocenters. The molecule has 0 aromatic rings. The van der Waals surface area contributed by atoms with Crippen molar-refractivity contribution >= 4 is 5.97 Å². The van der Waals surface area contributed by atoms with Gasteiger partial charge in [0.25, 0.3) is 0 Å². The van der Waals surface area contributed by atoms with Gasteiger partial charge in [-0.2, -0.15) is 0 Å². The van der Waals surface area contributed by atoms with Crippen molar-refractivity contribution in [2.45, 2.75) is 53.5 Å². The maximum absolute atomic E-state index is 11.3. The molecular weight excluding hydrogens is 214 g/mol. The van der Waals surface area contributed by atoms with Gasteiger partial charge in [-0.3, -0.25) is 9.69 Å². The van der Waals surface area contributed by atoms with E-state index in [1.807, 2.05) is 13.8 Å². The molecule has 100 valence electrons. The molecule has 0 saturated carbocycles. The third kappa shape index (κ3) is 3.70.